The Hall–Kier alpha value is -2.46. The summed E-state index contributed by atoms with van der Waals surface area (Å²) >= 11 is 0. The molecule has 1 aromatic heterocycles. The standard InChI is InChI=1S/C24H29FN6.HI/c1-26-24(28-16-20-7-8-23(22(25)15-20)31-14-11-27-18-31)29-21-9-12-30(13-10-21)17-19-5-3-2-4-6-19;/h2-8,11,14-15,18,21H,9-10,12-13,16-17H2,1H3,(H2,26,28,29);1H. The predicted octanol–water partition coefficient (Wildman–Crippen LogP) is 3.96. The Balaban J connectivity index is 0.00000289. The SMILES string of the molecule is CN=C(NCc1ccc(-n2ccnc2)c(F)c1)NC1CCN(Cc2ccccc2)CC1.I. The van der Waals surface area contributed by atoms with E-state index in [2.05, 4.69) is 55.8 Å². The zero-order valence-electron chi connectivity index (χ0n) is 18.2. The fraction of sp³-hybridized carbons (Fsp3) is 0.333. The van der Waals surface area contributed by atoms with Gasteiger partial charge >= 0.3 is 0 Å². The summed E-state index contributed by atoms with van der Waals surface area (Å²) in [4.78, 5) is 10.8. The Kier molecular flexibility index (Phi) is 9.04. The number of hydrogen-bond acceptors (Lipinski definition) is 3. The molecule has 0 radical (unpaired) electrons. The second-order valence-corrected chi connectivity index (χ2v) is 7.86. The first-order chi connectivity index (χ1) is 15.2. The molecule has 6 nitrogen and oxygen atoms in total. The van der Waals surface area contributed by atoms with Crippen molar-refractivity contribution in [2.24, 2.45) is 4.99 Å². The van der Waals surface area contributed by atoms with Crippen LogP contribution in [-0.2, 0) is 13.1 Å². The molecule has 0 unspecified atom stereocenters. The van der Waals surface area contributed by atoms with E-state index in [1.54, 1.807) is 42.5 Å². The molecule has 1 aliphatic rings. The molecule has 0 saturated carbocycles. The minimum Gasteiger partial charge on any atom is -0.354 e. The Bertz CT molecular complexity index is 985. The summed E-state index contributed by atoms with van der Waals surface area (Å²) in [5.41, 5.74) is 2.71. The Morgan fingerprint density at radius 1 is 1.12 bits per heavy atom. The monoisotopic (exact) mass is 548 g/mol. The molecule has 32 heavy (non-hydrogen) atoms. The zero-order chi connectivity index (χ0) is 21.5. The highest BCUT2D eigenvalue weighted by atomic mass is 127. The van der Waals surface area contributed by atoms with Crippen LogP contribution < -0.4 is 10.6 Å². The van der Waals surface area contributed by atoms with Crippen LogP contribution in [0, 0.1) is 5.82 Å². The summed E-state index contributed by atoms with van der Waals surface area (Å²) in [5, 5.41) is 6.82. The van der Waals surface area contributed by atoms with Crippen LogP contribution in [0.4, 0.5) is 4.39 Å². The van der Waals surface area contributed by atoms with E-state index in [1.165, 1.54) is 5.56 Å². The lowest BCUT2D eigenvalue weighted by atomic mass is 10.0. The zero-order valence-corrected chi connectivity index (χ0v) is 20.6. The average molecular weight is 548 g/mol. The summed E-state index contributed by atoms with van der Waals surface area (Å²) in [7, 11) is 1.77. The number of hydrogen-bond donors (Lipinski definition) is 2. The largest absolute Gasteiger partial charge is 0.354 e. The van der Waals surface area contributed by atoms with Gasteiger partial charge in [0.2, 0.25) is 0 Å². The second kappa shape index (κ2) is 12.0. The first kappa shape index (κ1) is 24.2. The van der Waals surface area contributed by atoms with Crippen molar-refractivity contribution in [3.63, 3.8) is 0 Å². The molecule has 2 heterocycles. The smallest absolute Gasteiger partial charge is 0.191 e. The van der Waals surface area contributed by atoms with Crippen LogP contribution >= 0.6 is 24.0 Å². The van der Waals surface area contributed by atoms with Gasteiger partial charge in [-0.15, -0.1) is 24.0 Å². The highest BCUT2D eigenvalue weighted by molar-refractivity contribution is 14.0. The van der Waals surface area contributed by atoms with E-state index in [1.807, 2.05) is 6.07 Å². The molecule has 0 spiro atoms. The molecule has 1 aliphatic heterocycles. The molecule has 1 fully saturated rings. The van der Waals surface area contributed by atoms with E-state index in [4.69, 9.17) is 0 Å². The molecule has 0 amide bonds. The van der Waals surface area contributed by atoms with E-state index in [0.29, 0.717) is 18.3 Å². The van der Waals surface area contributed by atoms with Gasteiger partial charge in [0.1, 0.15) is 5.82 Å². The van der Waals surface area contributed by atoms with Crippen molar-refractivity contribution >= 4 is 29.9 Å². The number of guanidine groups is 1. The van der Waals surface area contributed by atoms with E-state index < -0.39 is 0 Å². The normalized spacial score (nSPS) is 15.2. The van der Waals surface area contributed by atoms with Gasteiger partial charge in [0.25, 0.3) is 0 Å². The fourth-order valence-corrected chi connectivity index (χ4v) is 3.92. The lowest BCUT2D eigenvalue weighted by Crippen LogP contribution is -2.48. The Morgan fingerprint density at radius 3 is 2.56 bits per heavy atom. The van der Waals surface area contributed by atoms with Crippen LogP contribution in [0.1, 0.15) is 24.0 Å². The number of likely N-dealkylation sites (tertiary alicyclic amines) is 1. The molecular weight excluding hydrogens is 518 g/mol. The molecule has 2 aromatic carbocycles. The molecule has 3 aromatic rings. The van der Waals surface area contributed by atoms with Crippen LogP contribution in [0.3, 0.4) is 0 Å². The molecule has 0 bridgehead atoms. The molecular formula is C24H30FIN6. The minimum absolute atomic E-state index is 0. The fourth-order valence-electron chi connectivity index (χ4n) is 3.92. The number of imidazole rings is 1. The van der Waals surface area contributed by atoms with Crippen LogP contribution in [-0.4, -0.2) is 46.6 Å². The molecule has 0 aliphatic carbocycles. The van der Waals surface area contributed by atoms with Crippen molar-refractivity contribution in [3.05, 3.63) is 84.2 Å². The van der Waals surface area contributed by atoms with E-state index in [-0.39, 0.29) is 29.8 Å². The first-order valence-electron chi connectivity index (χ1n) is 10.7. The Labute approximate surface area is 206 Å². The summed E-state index contributed by atoms with van der Waals surface area (Å²) in [6.45, 7) is 3.63. The third kappa shape index (κ3) is 6.52. The maximum Gasteiger partial charge on any atom is 0.191 e. The van der Waals surface area contributed by atoms with Crippen molar-refractivity contribution in [1.29, 1.82) is 0 Å². The lowest BCUT2D eigenvalue weighted by Gasteiger charge is -2.33. The molecule has 1 saturated heterocycles. The summed E-state index contributed by atoms with van der Waals surface area (Å²) < 4.78 is 16.1. The average Bonchev–Trinajstić information content (AvgIpc) is 3.33. The minimum atomic E-state index is -0.272. The predicted molar refractivity (Wildman–Crippen MR) is 137 cm³/mol. The van der Waals surface area contributed by atoms with Gasteiger partial charge in [-0.1, -0.05) is 36.4 Å². The van der Waals surface area contributed by atoms with Gasteiger partial charge in [-0.3, -0.25) is 9.89 Å². The highest BCUT2D eigenvalue weighted by Gasteiger charge is 2.20. The van der Waals surface area contributed by atoms with E-state index >= 15 is 0 Å². The van der Waals surface area contributed by atoms with Crippen molar-refractivity contribution < 1.29 is 4.39 Å². The van der Waals surface area contributed by atoms with Crippen LogP contribution in [0.25, 0.3) is 5.69 Å². The molecule has 170 valence electrons. The van der Waals surface area contributed by atoms with Gasteiger partial charge in [-0.05, 0) is 36.1 Å². The van der Waals surface area contributed by atoms with Gasteiger partial charge in [-0.25, -0.2) is 9.37 Å². The Morgan fingerprint density at radius 2 is 1.91 bits per heavy atom. The molecule has 4 rings (SSSR count). The topological polar surface area (TPSA) is 57.5 Å². The van der Waals surface area contributed by atoms with Crippen LogP contribution in [0.5, 0.6) is 0 Å². The third-order valence-corrected chi connectivity index (χ3v) is 5.66. The van der Waals surface area contributed by atoms with Crippen LogP contribution in [0.15, 0.2) is 72.2 Å². The second-order valence-electron chi connectivity index (χ2n) is 7.86. The maximum absolute atomic E-state index is 14.5. The number of nitrogens with zero attached hydrogens (tertiary/aromatic N) is 4. The van der Waals surface area contributed by atoms with Gasteiger partial charge < -0.3 is 15.2 Å². The van der Waals surface area contributed by atoms with E-state index in [9.17, 15) is 4.39 Å². The van der Waals surface area contributed by atoms with Crippen molar-refractivity contribution in [2.45, 2.75) is 32.0 Å². The lowest BCUT2D eigenvalue weighted by molar-refractivity contribution is 0.198. The molecule has 8 heteroatoms. The van der Waals surface area contributed by atoms with Gasteiger partial charge in [-0.2, -0.15) is 0 Å². The summed E-state index contributed by atoms with van der Waals surface area (Å²) in [6, 6.07) is 16.2. The number of aliphatic imine (C=N–C) groups is 1. The number of nitrogens with one attached hydrogen (secondary N) is 2. The third-order valence-electron chi connectivity index (χ3n) is 5.66. The molecule has 2 N–H and O–H groups in total. The summed E-state index contributed by atoms with van der Waals surface area (Å²) in [5.74, 6) is 0.478. The molecule has 0 atom stereocenters. The van der Waals surface area contributed by atoms with Gasteiger partial charge in [0.15, 0.2) is 5.96 Å². The van der Waals surface area contributed by atoms with Gasteiger partial charge in [0.05, 0.1) is 12.0 Å². The quantitative estimate of drug-likeness (QED) is 0.278. The number of piperidine rings is 1. The van der Waals surface area contributed by atoms with Crippen molar-refractivity contribution in [3.8, 4) is 5.69 Å². The number of aromatic nitrogens is 2. The van der Waals surface area contributed by atoms with Crippen LogP contribution in [0.2, 0.25) is 0 Å². The number of rotatable bonds is 6. The van der Waals surface area contributed by atoms with E-state index in [0.717, 1.165) is 44.0 Å². The van der Waals surface area contributed by atoms with Gasteiger partial charge in [0, 0.05) is 51.7 Å². The van der Waals surface area contributed by atoms with Crippen molar-refractivity contribution in [1.82, 2.24) is 25.1 Å². The first-order valence-corrected chi connectivity index (χ1v) is 10.7. The maximum atomic E-state index is 14.5. The van der Waals surface area contributed by atoms with Crippen molar-refractivity contribution in [2.75, 3.05) is 20.1 Å². The number of benzene rings is 2. The summed E-state index contributed by atoms with van der Waals surface area (Å²) in [6.07, 6.45) is 7.10. The number of halogens is 2. The highest BCUT2D eigenvalue weighted by Crippen LogP contribution is 2.16.